The van der Waals surface area contributed by atoms with E-state index in [9.17, 15) is 0 Å². The van der Waals surface area contributed by atoms with Crippen molar-refractivity contribution < 1.29 is 0 Å². The molecule has 0 aliphatic rings. The van der Waals surface area contributed by atoms with Gasteiger partial charge in [0.2, 0.25) is 0 Å². The lowest BCUT2D eigenvalue weighted by molar-refractivity contribution is 0.778. The highest BCUT2D eigenvalue weighted by atomic mass is 35.5. The summed E-state index contributed by atoms with van der Waals surface area (Å²) in [7, 11) is 0. The van der Waals surface area contributed by atoms with Crippen molar-refractivity contribution in [1.82, 2.24) is 0 Å². The SMILES string of the molecule is CCCCCSc1cc(Cl)c(Cl)cc1N. The first-order valence-electron chi connectivity index (χ1n) is 5.02. The molecule has 0 saturated carbocycles. The molecule has 0 radical (unpaired) electrons. The molecule has 0 unspecified atom stereocenters. The molecule has 0 bridgehead atoms. The molecule has 0 spiro atoms. The molecule has 2 N–H and O–H groups in total. The van der Waals surface area contributed by atoms with Crippen LogP contribution in [0.4, 0.5) is 5.69 Å². The van der Waals surface area contributed by atoms with Gasteiger partial charge in [0.15, 0.2) is 0 Å². The molecule has 0 aromatic heterocycles. The van der Waals surface area contributed by atoms with Gasteiger partial charge in [-0.25, -0.2) is 0 Å². The number of hydrogen-bond donors (Lipinski definition) is 1. The van der Waals surface area contributed by atoms with E-state index in [1.54, 1.807) is 17.8 Å². The number of unbranched alkanes of at least 4 members (excludes halogenated alkanes) is 2. The van der Waals surface area contributed by atoms with Crippen molar-refractivity contribution >= 4 is 40.7 Å². The van der Waals surface area contributed by atoms with Gasteiger partial charge in [0.25, 0.3) is 0 Å². The van der Waals surface area contributed by atoms with Crippen LogP contribution in [0, 0.1) is 0 Å². The maximum Gasteiger partial charge on any atom is 0.0613 e. The summed E-state index contributed by atoms with van der Waals surface area (Å²) >= 11 is 13.5. The van der Waals surface area contributed by atoms with E-state index in [4.69, 9.17) is 28.9 Å². The topological polar surface area (TPSA) is 26.0 Å². The first kappa shape index (κ1) is 13.0. The van der Waals surface area contributed by atoms with Gasteiger partial charge in [-0.2, -0.15) is 0 Å². The summed E-state index contributed by atoms with van der Waals surface area (Å²) in [6.45, 7) is 2.19. The van der Waals surface area contributed by atoms with Crippen molar-refractivity contribution in [2.45, 2.75) is 31.1 Å². The molecular formula is C11H15Cl2NS. The number of hydrogen-bond acceptors (Lipinski definition) is 2. The average Bonchev–Trinajstić information content (AvgIpc) is 2.20. The Bertz CT molecular complexity index is 329. The lowest BCUT2D eigenvalue weighted by Crippen LogP contribution is -1.90. The summed E-state index contributed by atoms with van der Waals surface area (Å²) < 4.78 is 0. The van der Waals surface area contributed by atoms with Gasteiger partial charge >= 0.3 is 0 Å². The lowest BCUT2D eigenvalue weighted by atomic mass is 10.3. The van der Waals surface area contributed by atoms with Gasteiger partial charge in [0.1, 0.15) is 0 Å². The van der Waals surface area contributed by atoms with E-state index in [1.165, 1.54) is 19.3 Å². The van der Waals surface area contributed by atoms with E-state index in [0.717, 1.165) is 10.6 Å². The maximum atomic E-state index is 5.93. The van der Waals surface area contributed by atoms with Gasteiger partial charge in [0, 0.05) is 10.6 Å². The molecule has 1 aromatic rings. The first-order chi connectivity index (χ1) is 7.15. The number of halogens is 2. The second kappa shape index (κ2) is 6.51. The third kappa shape index (κ3) is 4.13. The van der Waals surface area contributed by atoms with E-state index < -0.39 is 0 Å². The second-order valence-electron chi connectivity index (χ2n) is 3.36. The van der Waals surface area contributed by atoms with Crippen LogP contribution in [0.3, 0.4) is 0 Å². The van der Waals surface area contributed by atoms with Gasteiger partial charge in [-0.15, -0.1) is 11.8 Å². The van der Waals surface area contributed by atoms with Crippen LogP contribution in [-0.2, 0) is 0 Å². The third-order valence-corrected chi connectivity index (χ3v) is 3.94. The quantitative estimate of drug-likeness (QED) is 0.467. The van der Waals surface area contributed by atoms with Crippen LogP contribution in [0.2, 0.25) is 10.0 Å². The highest BCUT2D eigenvalue weighted by Crippen LogP contribution is 2.33. The Morgan fingerprint density at radius 1 is 1.20 bits per heavy atom. The van der Waals surface area contributed by atoms with Gasteiger partial charge < -0.3 is 5.73 Å². The van der Waals surface area contributed by atoms with E-state index >= 15 is 0 Å². The summed E-state index contributed by atoms with van der Waals surface area (Å²) in [5, 5.41) is 1.09. The maximum absolute atomic E-state index is 5.93. The first-order valence-corrected chi connectivity index (χ1v) is 6.76. The zero-order chi connectivity index (χ0) is 11.3. The Morgan fingerprint density at radius 2 is 1.87 bits per heavy atom. The molecule has 1 aromatic carbocycles. The van der Waals surface area contributed by atoms with Crippen LogP contribution in [-0.4, -0.2) is 5.75 Å². The molecule has 0 fully saturated rings. The minimum atomic E-state index is 0.520. The third-order valence-electron chi connectivity index (χ3n) is 2.06. The Labute approximate surface area is 105 Å². The largest absolute Gasteiger partial charge is 0.398 e. The van der Waals surface area contributed by atoms with Crippen molar-refractivity contribution in [3.63, 3.8) is 0 Å². The minimum Gasteiger partial charge on any atom is -0.398 e. The van der Waals surface area contributed by atoms with E-state index in [0.29, 0.717) is 15.7 Å². The number of anilines is 1. The smallest absolute Gasteiger partial charge is 0.0613 e. The molecule has 4 heteroatoms. The summed E-state index contributed by atoms with van der Waals surface area (Å²) in [6.07, 6.45) is 3.70. The van der Waals surface area contributed by atoms with Crippen molar-refractivity contribution in [2.75, 3.05) is 11.5 Å². The van der Waals surface area contributed by atoms with E-state index in [2.05, 4.69) is 6.92 Å². The fourth-order valence-electron chi connectivity index (χ4n) is 1.20. The fourth-order valence-corrected chi connectivity index (χ4v) is 2.60. The molecule has 1 nitrogen and oxygen atoms in total. The number of benzene rings is 1. The highest BCUT2D eigenvalue weighted by Gasteiger charge is 2.05. The summed E-state index contributed by atoms with van der Waals surface area (Å²) in [6, 6.07) is 3.56. The number of nitrogen functional groups attached to an aromatic ring is 1. The van der Waals surface area contributed by atoms with Gasteiger partial charge in [-0.3, -0.25) is 0 Å². The van der Waals surface area contributed by atoms with E-state index in [-0.39, 0.29) is 0 Å². The van der Waals surface area contributed by atoms with Crippen LogP contribution in [0.15, 0.2) is 17.0 Å². The predicted molar refractivity (Wildman–Crippen MR) is 71.1 cm³/mol. The second-order valence-corrected chi connectivity index (χ2v) is 5.31. The van der Waals surface area contributed by atoms with Crippen molar-refractivity contribution in [1.29, 1.82) is 0 Å². The molecule has 0 atom stereocenters. The fraction of sp³-hybridized carbons (Fsp3) is 0.455. The lowest BCUT2D eigenvalue weighted by Gasteiger charge is -2.06. The van der Waals surface area contributed by atoms with Crippen LogP contribution in [0.25, 0.3) is 0 Å². The van der Waals surface area contributed by atoms with E-state index in [1.807, 2.05) is 6.07 Å². The molecule has 0 heterocycles. The van der Waals surface area contributed by atoms with Gasteiger partial charge in [0.05, 0.1) is 10.0 Å². The highest BCUT2D eigenvalue weighted by molar-refractivity contribution is 7.99. The van der Waals surface area contributed by atoms with Crippen LogP contribution >= 0.6 is 35.0 Å². The molecular weight excluding hydrogens is 249 g/mol. The summed E-state index contributed by atoms with van der Waals surface area (Å²) in [5.74, 6) is 1.08. The Morgan fingerprint density at radius 3 is 2.53 bits per heavy atom. The Kier molecular flexibility index (Phi) is 5.65. The Balaban J connectivity index is 2.57. The Hall–Kier alpha value is -0.0500. The van der Waals surface area contributed by atoms with Crippen molar-refractivity contribution in [2.24, 2.45) is 0 Å². The van der Waals surface area contributed by atoms with Crippen molar-refractivity contribution in [3.8, 4) is 0 Å². The molecule has 0 saturated heterocycles. The van der Waals surface area contributed by atoms with Crippen LogP contribution in [0.1, 0.15) is 26.2 Å². The molecule has 84 valence electrons. The molecule has 0 aliphatic heterocycles. The number of nitrogens with two attached hydrogens (primary N) is 1. The molecule has 0 amide bonds. The van der Waals surface area contributed by atoms with Crippen molar-refractivity contribution in [3.05, 3.63) is 22.2 Å². The minimum absolute atomic E-state index is 0.520. The van der Waals surface area contributed by atoms with Crippen LogP contribution in [0.5, 0.6) is 0 Å². The van der Waals surface area contributed by atoms with Gasteiger partial charge in [-0.1, -0.05) is 43.0 Å². The number of thioether (sulfide) groups is 1. The summed E-state index contributed by atoms with van der Waals surface area (Å²) in [5.41, 5.74) is 6.55. The monoisotopic (exact) mass is 263 g/mol. The molecule has 15 heavy (non-hydrogen) atoms. The molecule has 1 rings (SSSR count). The predicted octanol–water partition coefficient (Wildman–Crippen LogP) is 4.86. The van der Waals surface area contributed by atoms with Gasteiger partial charge in [-0.05, 0) is 24.3 Å². The molecule has 0 aliphatic carbocycles. The number of rotatable bonds is 5. The zero-order valence-electron chi connectivity index (χ0n) is 8.72. The average molecular weight is 264 g/mol. The zero-order valence-corrected chi connectivity index (χ0v) is 11.1. The van der Waals surface area contributed by atoms with Crippen LogP contribution < -0.4 is 5.73 Å². The summed E-state index contributed by atoms with van der Waals surface area (Å²) in [4.78, 5) is 1.03. The normalized spacial score (nSPS) is 10.6. The standard InChI is InChI=1S/C11H15Cl2NS/c1-2-3-4-5-15-11-7-9(13)8(12)6-10(11)14/h6-7H,2-5,14H2,1H3.